The summed E-state index contributed by atoms with van der Waals surface area (Å²) in [5.74, 6) is -0.660. The Morgan fingerprint density at radius 3 is 2.19 bits per heavy atom. The molecular weight excluding hydrogens is 318 g/mol. The minimum absolute atomic E-state index is 0.0267. The van der Waals surface area contributed by atoms with E-state index in [-0.39, 0.29) is 21.8 Å². The number of benzene rings is 2. The summed E-state index contributed by atoms with van der Waals surface area (Å²) in [5.41, 5.74) is 1.44. The Hall–Kier alpha value is -1.85. The Balaban J connectivity index is 2.17. The average Bonchev–Trinajstić information content (AvgIpc) is 2.44. The molecule has 0 saturated heterocycles. The van der Waals surface area contributed by atoms with Crippen LogP contribution in [-0.2, 0) is 0 Å². The average molecular weight is 329 g/mol. The van der Waals surface area contributed by atoms with E-state index >= 15 is 0 Å². The monoisotopic (exact) mass is 328 g/mol. The van der Waals surface area contributed by atoms with Crippen molar-refractivity contribution < 1.29 is 9.31 Å². The van der Waals surface area contributed by atoms with Gasteiger partial charge in [-0.3, -0.25) is 10.1 Å². The van der Waals surface area contributed by atoms with Crippen LogP contribution in [-0.4, -0.2) is 4.92 Å². The van der Waals surface area contributed by atoms with Crippen molar-refractivity contribution in [3.8, 4) is 0 Å². The lowest BCUT2D eigenvalue weighted by molar-refractivity contribution is -0.384. The number of nitrogens with zero attached hydrogens (tertiary/aromatic N) is 1. The molecule has 0 aromatic heterocycles. The van der Waals surface area contributed by atoms with Crippen LogP contribution in [0.3, 0.4) is 0 Å². The van der Waals surface area contributed by atoms with E-state index in [0.717, 1.165) is 5.56 Å². The molecule has 0 spiro atoms. The molecule has 0 radical (unpaired) electrons. The Morgan fingerprint density at radius 2 is 1.71 bits per heavy atom. The molecule has 0 aliphatic heterocycles. The van der Waals surface area contributed by atoms with Gasteiger partial charge >= 0.3 is 0 Å². The summed E-state index contributed by atoms with van der Waals surface area (Å²) >= 11 is 11.5. The molecule has 1 unspecified atom stereocenters. The van der Waals surface area contributed by atoms with Crippen molar-refractivity contribution >= 4 is 34.6 Å². The zero-order valence-corrected chi connectivity index (χ0v) is 12.5. The van der Waals surface area contributed by atoms with Crippen molar-refractivity contribution in [1.29, 1.82) is 0 Å². The molecule has 4 nitrogen and oxygen atoms in total. The molecular formula is C14H11Cl2FN2O2. The number of halogens is 3. The van der Waals surface area contributed by atoms with Crippen LogP contribution in [0.25, 0.3) is 0 Å². The first-order chi connectivity index (χ1) is 9.88. The summed E-state index contributed by atoms with van der Waals surface area (Å²) in [6, 6.07) is 8.89. The van der Waals surface area contributed by atoms with Gasteiger partial charge in [0.25, 0.3) is 5.69 Å². The predicted molar refractivity (Wildman–Crippen MR) is 81.6 cm³/mol. The molecule has 0 fully saturated rings. The number of nitrogens with one attached hydrogen (secondary N) is 1. The first-order valence-corrected chi connectivity index (χ1v) is 6.79. The maximum Gasteiger partial charge on any atom is 0.269 e. The first kappa shape index (κ1) is 15.5. The first-order valence-electron chi connectivity index (χ1n) is 6.04. The second kappa shape index (κ2) is 6.28. The number of anilines is 1. The molecule has 110 valence electrons. The van der Waals surface area contributed by atoms with Crippen molar-refractivity contribution in [1.82, 2.24) is 0 Å². The molecule has 0 aliphatic rings. The second-order valence-electron chi connectivity index (χ2n) is 4.47. The Morgan fingerprint density at radius 1 is 1.19 bits per heavy atom. The van der Waals surface area contributed by atoms with Crippen LogP contribution in [0, 0.1) is 15.9 Å². The summed E-state index contributed by atoms with van der Waals surface area (Å²) in [6.45, 7) is 1.87. The number of hydrogen-bond donors (Lipinski definition) is 1. The summed E-state index contributed by atoms with van der Waals surface area (Å²) in [6.07, 6.45) is 0. The van der Waals surface area contributed by atoms with Crippen LogP contribution in [0.1, 0.15) is 18.5 Å². The number of nitro benzene ring substituents is 1. The van der Waals surface area contributed by atoms with E-state index in [4.69, 9.17) is 23.2 Å². The lowest BCUT2D eigenvalue weighted by Gasteiger charge is -2.16. The lowest BCUT2D eigenvalue weighted by atomic mass is 10.1. The number of rotatable bonds is 4. The molecule has 0 bridgehead atoms. The molecule has 0 amide bonds. The van der Waals surface area contributed by atoms with Gasteiger partial charge in [0, 0.05) is 23.9 Å². The topological polar surface area (TPSA) is 55.2 Å². The summed E-state index contributed by atoms with van der Waals surface area (Å²) in [5, 5.41) is 13.6. The zero-order valence-electron chi connectivity index (χ0n) is 10.9. The highest BCUT2D eigenvalue weighted by atomic mass is 35.5. The van der Waals surface area contributed by atoms with Crippen LogP contribution < -0.4 is 5.32 Å². The lowest BCUT2D eigenvalue weighted by Crippen LogP contribution is -2.07. The predicted octanol–water partition coefficient (Wildman–Crippen LogP) is 5.21. The molecule has 0 aliphatic carbocycles. The third-order valence-corrected chi connectivity index (χ3v) is 3.52. The van der Waals surface area contributed by atoms with Gasteiger partial charge in [-0.1, -0.05) is 35.3 Å². The number of non-ortho nitro benzene ring substituents is 1. The summed E-state index contributed by atoms with van der Waals surface area (Å²) < 4.78 is 13.3. The van der Waals surface area contributed by atoms with Gasteiger partial charge in [0.05, 0.1) is 15.0 Å². The fourth-order valence-corrected chi connectivity index (χ4v) is 2.34. The molecule has 0 saturated carbocycles. The molecule has 2 rings (SSSR count). The van der Waals surface area contributed by atoms with E-state index in [9.17, 15) is 14.5 Å². The van der Waals surface area contributed by atoms with Crippen LogP contribution in [0.15, 0.2) is 36.4 Å². The number of nitro groups is 1. The van der Waals surface area contributed by atoms with Gasteiger partial charge in [-0.15, -0.1) is 0 Å². The van der Waals surface area contributed by atoms with E-state index < -0.39 is 10.7 Å². The molecule has 1 N–H and O–H groups in total. The Labute approximate surface area is 130 Å². The van der Waals surface area contributed by atoms with Gasteiger partial charge in [-0.2, -0.15) is 0 Å². The van der Waals surface area contributed by atoms with Gasteiger partial charge in [-0.25, -0.2) is 4.39 Å². The van der Waals surface area contributed by atoms with Crippen LogP contribution in [0.5, 0.6) is 0 Å². The molecule has 2 aromatic rings. The molecule has 7 heteroatoms. The maximum absolute atomic E-state index is 13.3. The third-order valence-electron chi connectivity index (χ3n) is 2.97. The van der Waals surface area contributed by atoms with Crippen LogP contribution >= 0.6 is 23.2 Å². The van der Waals surface area contributed by atoms with E-state index in [1.54, 1.807) is 12.1 Å². The molecule has 21 heavy (non-hydrogen) atoms. The second-order valence-corrected chi connectivity index (χ2v) is 5.28. The van der Waals surface area contributed by atoms with Gasteiger partial charge in [0.1, 0.15) is 0 Å². The van der Waals surface area contributed by atoms with Gasteiger partial charge in [0.15, 0.2) is 5.82 Å². The highest BCUT2D eigenvalue weighted by Gasteiger charge is 2.12. The normalized spacial score (nSPS) is 12.0. The minimum Gasteiger partial charge on any atom is -0.378 e. The highest BCUT2D eigenvalue weighted by molar-refractivity contribution is 6.35. The fraction of sp³-hybridized carbons (Fsp3) is 0.143. The smallest absolute Gasteiger partial charge is 0.269 e. The summed E-state index contributed by atoms with van der Waals surface area (Å²) in [7, 11) is 0. The van der Waals surface area contributed by atoms with E-state index in [2.05, 4.69) is 5.32 Å². The largest absolute Gasteiger partial charge is 0.378 e. The molecule has 1 atom stereocenters. The van der Waals surface area contributed by atoms with E-state index in [0.29, 0.717) is 5.69 Å². The van der Waals surface area contributed by atoms with E-state index in [1.165, 1.54) is 24.3 Å². The quantitative estimate of drug-likeness (QED) is 0.476. The summed E-state index contributed by atoms with van der Waals surface area (Å²) in [4.78, 5) is 10.1. The maximum atomic E-state index is 13.3. The van der Waals surface area contributed by atoms with Crippen molar-refractivity contribution in [3.05, 3.63) is 67.9 Å². The number of hydrogen-bond acceptors (Lipinski definition) is 3. The standard InChI is InChI=1S/C14H11Cl2FN2O2/c1-8(9-2-4-11(5-3-9)19(20)21)18-10-6-12(15)14(17)13(16)7-10/h2-8,18H,1H3. The van der Waals surface area contributed by atoms with E-state index in [1.807, 2.05) is 6.92 Å². The van der Waals surface area contributed by atoms with Gasteiger partial charge in [0.2, 0.25) is 0 Å². The third kappa shape index (κ3) is 3.62. The zero-order chi connectivity index (χ0) is 15.6. The van der Waals surface area contributed by atoms with Crippen molar-refractivity contribution in [3.63, 3.8) is 0 Å². The SMILES string of the molecule is CC(Nc1cc(Cl)c(F)c(Cl)c1)c1ccc([N+](=O)[O-])cc1. The van der Waals surface area contributed by atoms with Gasteiger partial charge < -0.3 is 5.32 Å². The Kier molecular flexibility index (Phi) is 4.65. The van der Waals surface area contributed by atoms with Crippen LogP contribution in [0.2, 0.25) is 10.0 Å². The Bertz CT molecular complexity index is 654. The molecule has 2 aromatic carbocycles. The van der Waals surface area contributed by atoms with Crippen molar-refractivity contribution in [2.45, 2.75) is 13.0 Å². The van der Waals surface area contributed by atoms with Crippen molar-refractivity contribution in [2.24, 2.45) is 0 Å². The van der Waals surface area contributed by atoms with Gasteiger partial charge in [-0.05, 0) is 24.6 Å². The fourth-order valence-electron chi connectivity index (χ4n) is 1.86. The molecule has 0 heterocycles. The highest BCUT2D eigenvalue weighted by Crippen LogP contribution is 2.29. The minimum atomic E-state index is -0.660. The van der Waals surface area contributed by atoms with Crippen LogP contribution in [0.4, 0.5) is 15.8 Å². The van der Waals surface area contributed by atoms with Crippen molar-refractivity contribution in [2.75, 3.05) is 5.32 Å².